The molecule has 0 fully saturated rings. The first-order valence-corrected chi connectivity index (χ1v) is 8.73. The maximum Gasteiger partial charge on any atom is 0.253 e. The van der Waals surface area contributed by atoms with E-state index in [0.717, 1.165) is 12.1 Å². The van der Waals surface area contributed by atoms with E-state index in [9.17, 15) is 9.59 Å². The van der Waals surface area contributed by atoms with E-state index in [1.54, 1.807) is 40.5 Å². The molecule has 0 spiro atoms. The Hall–Kier alpha value is -2.14. The molecule has 0 bridgehead atoms. The van der Waals surface area contributed by atoms with Gasteiger partial charge in [0.15, 0.2) is 0 Å². The highest BCUT2D eigenvalue weighted by molar-refractivity contribution is 7.09. The normalized spacial score (nSPS) is 10.3. The quantitative estimate of drug-likeness (QED) is 0.839. The van der Waals surface area contributed by atoms with E-state index in [0.29, 0.717) is 25.1 Å². The second kappa shape index (κ2) is 8.48. The lowest BCUT2D eigenvalue weighted by molar-refractivity contribution is -0.116. The molecule has 0 aliphatic rings. The second-order valence-corrected chi connectivity index (χ2v) is 6.21. The number of nitrogens with one attached hydrogen (secondary N) is 1. The summed E-state index contributed by atoms with van der Waals surface area (Å²) in [6.45, 7) is 5.31. The van der Waals surface area contributed by atoms with E-state index in [4.69, 9.17) is 0 Å². The molecule has 2 amide bonds. The maximum atomic E-state index is 12.2. The van der Waals surface area contributed by atoms with Crippen LogP contribution < -0.4 is 5.32 Å². The van der Waals surface area contributed by atoms with Crippen LogP contribution in [0.3, 0.4) is 0 Å². The summed E-state index contributed by atoms with van der Waals surface area (Å²) < 4.78 is 0. The minimum Gasteiger partial charge on any atom is -0.339 e. The van der Waals surface area contributed by atoms with Gasteiger partial charge in [-0.1, -0.05) is 6.07 Å². The third-order valence-electron chi connectivity index (χ3n) is 3.64. The Balaban J connectivity index is 1.89. The Morgan fingerprint density at radius 2 is 1.78 bits per heavy atom. The van der Waals surface area contributed by atoms with Crippen molar-refractivity contribution in [2.45, 2.75) is 26.7 Å². The molecule has 4 nitrogen and oxygen atoms in total. The predicted octanol–water partition coefficient (Wildman–Crippen LogP) is 3.80. The fraction of sp³-hybridized carbons (Fsp3) is 0.333. The van der Waals surface area contributed by atoms with Crippen LogP contribution in [0, 0.1) is 0 Å². The van der Waals surface area contributed by atoms with Crippen LogP contribution in [0.2, 0.25) is 0 Å². The molecular weight excluding hydrogens is 308 g/mol. The molecule has 5 heteroatoms. The average Bonchev–Trinajstić information content (AvgIpc) is 3.08. The first kappa shape index (κ1) is 17.2. The fourth-order valence-electron chi connectivity index (χ4n) is 2.30. The van der Waals surface area contributed by atoms with Crippen molar-refractivity contribution in [2.24, 2.45) is 0 Å². The Labute approximate surface area is 141 Å². The zero-order valence-corrected chi connectivity index (χ0v) is 14.4. The molecule has 0 atom stereocenters. The third-order valence-corrected chi connectivity index (χ3v) is 4.58. The molecule has 0 radical (unpaired) electrons. The van der Waals surface area contributed by atoms with Gasteiger partial charge >= 0.3 is 0 Å². The Morgan fingerprint density at radius 3 is 2.35 bits per heavy atom. The van der Waals surface area contributed by atoms with E-state index in [-0.39, 0.29) is 11.8 Å². The van der Waals surface area contributed by atoms with Gasteiger partial charge in [0, 0.05) is 35.6 Å². The molecule has 0 aliphatic heterocycles. The molecule has 0 saturated heterocycles. The van der Waals surface area contributed by atoms with Crippen LogP contribution in [0.1, 0.15) is 35.5 Å². The van der Waals surface area contributed by atoms with E-state index >= 15 is 0 Å². The van der Waals surface area contributed by atoms with Crippen molar-refractivity contribution in [2.75, 3.05) is 18.4 Å². The van der Waals surface area contributed by atoms with Gasteiger partial charge in [-0.2, -0.15) is 0 Å². The highest BCUT2D eigenvalue weighted by Gasteiger charge is 2.12. The molecule has 23 heavy (non-hydrogen) atoms. The molecule has 122 valence electrons. The highest BCUT2D eigenvalue weighted by Crippen LogP contribution is 2.14. The number of rotatable bonds is 7. The number of benzene rings is 1. The summed E-state index contributed by atoms with van der Waals surface area (Å²) in [7, 11) is 0. The van der Waals surface area contributed by atoms with E-state index in [1.807, 2.05) is 31.4 Å². The van der Waals surface area contributed by atoms with Gasteiger partial charge in [-0.3, -0.25) is 9.59 Å². The molecule has 2 aromatic rings. The zero-order valence-electron chi connectivity index (χ0n) is 13.5. The molecule has 2 rings (SSSR count). The molecular formula is C18H22N2O2S. The van der Waals surface area contributed by atoms with Gasteiger partial charge < -0.3 is 10.2 Å². The summed E-state index contributed by atoms with van der Waals surface area (Å²) in [6, 6.07) is 11.1. The Kier molecular flexibility index (Phi) is 6.35. The number of carbonyl (C=O) groups is 2. The van der Waals surface area contributed by atoms with Crippen LogP contribution >= 0.6 is 11.3 Å². The zero-order chi connectivity index (χ0) is 16.7. The maximum absolute atomic E-state index is 12.2. The third kappa shape index (κ3) is 4.93. The van der Waals surface area contributed by atoms with Gasteiger partial charge in [0.1, 0.15) is 0 Å². The molecule has 0 saturated carbocycles. The minimum absolute atomic E-state index is 0.0128. The summed E-state index contributed by atoms with van der Waals surface area (Å²) in [5.41, 5.74) is 1.36. The first-order valence-electron chi connectivity index (χ1n) is 7.85. The lowest BCUT2D eigenvalue weighted by Gasteiger charge is -2.18. The summed E-state index contributed by atoms with van der Waals surface area (Å²) >= 11 is 1.66. The largest absolute Gasteiger partial charge is 0.339 e. The summed E-state index contributed by atoms with van der Waals surface area (Å²) in [4.78, 5) is 27.1. The lowest BCUT2D eigenvalue weighted by atomic mass is 10.1. The van der Waals surface area contributed by atoms with Crippen LogP contribution in [-0.2, 0) is 11.2 Å². The van der Waals surface area contributed by atoms with Crippen molar-refractivity contribution in [1.82, 2.24) is 4.90 Å². The standard InChI is InChI=1S/C18H22N2O2S/c1-3-20(4-2)18(22)14-7-9-15(10-8-14)19-17(21)12-11-16-6-5-13-23-16/h5-10,13H,3-4,11-12H2,1-2H3,(H,19,21). The Morgan fingerprint density at radius 1 is 1.09 bits per heavy atom. The smallest absolute Gasteiger partial charge is 0.253 e. The van der Waals surface area contributed by atoms with Gasteiger partial charge in [0.2, 0.25) is 5.91 Å². The van der Waals surface area contributed by atoms with Crippen LogP contribution in [0.5, 0.6) is 0 Å². The van der Waals surface area contributed by atoms with Crippen molar-refractivity contribution >= 4 is 28.8 Å². The number of carbonyl (C=O) groups excluding carboxylic acids is 2. The number of hydrogen-bond acceptors (Lipinski definition) is 3. The number of amides is 2. The van der Waals surface area contributed by atoms with Gasteiger partial charge in [-0.15, -0.1) is 11.3 Å². The molecule has 0 aliphatic carbocycles. The molecule has 1 heterocycles. The van der Waals surface area contributed by atoms with Crippen molar-refractivity contribution in [3.8, 4) is 0 Å². The SMILES string of the molecule is CCN(CC)C(=O)c1ccc(NC(=O)CCc2cccs2)cc1. The van der Waals surface area contributed by atoms with Gasteiger partial charge in [-0.25, -0.2) is 0 Å². The first-order chi connectivity index (χ1) is 11.1. The topological polar surface area (TPSA) is 49.4 Å². The number of anilines is 1. The molecule has 0 unspecified atom stereocenters. The van der Waals surface area contributed by atoms with Crippen molar-refractivity contribution in [1.29, 1.82) is 0 Å². The molecule has 1 aromatic carbocycles. The monoisotopic (exact) mass is 330 g/mol. The van der Waals surface area contributed by atoms with Crippen molar-refractivity contribution in [3.63, 3.8) is 0 Å². The van der Waals surface area contributed by atoms with Crippen molar-refractivity contribution in [3.05, 3.63) is 52.2 Å². The lowest BCUT2D eigenvalue weighted by Crippen LogP contribution is -2.30. The summed E-state index contributed by atoms with van der Waals surface area (Å²) in [5.74, 6) is 0.00629. The Bertz CT molecular complexity index is 632. The van der Waals surface area contributed by atoms with Gasteiger partial charge in [0.25, 0.3) is 5.91 Å². The fourth-order valence-corrected chi connectivity index (χ4v) is 3.01. The van der Waals surface area contributed by atoms with Crippen LogP contribution in [0.25, 0.3) is 0 Å². The van der Waals surface area contributed by atoms with Crippen molar-refractivity contribution < 1.29 is 9.59 Å². The molecule has 1 N–H and O–H groups in total. The van der Waals surface area contributed by atoms with E-state index in [2.05, 4.69) is 5.32 Å². The van der Waals surface area contributed by atoms with E-state index in [1.165, 1.54) is 4.88 Å². The molecule has 1 aromatic heterocycles. The van der Waals surface area contributed by atoms with Gasteiger partial charge in [0.05, 0.1) is 0 Å². The average molecular weight is 330 g/mol. The van der Waals surface area contributed by atoms with Gasteiger partial charge in [-0.05, 0) is 56.0 Å². The number of thiophene rings is 1. The highest BCUT2D eigenvalue weighted by atomic mass is 32.1. The number of hydrogen-bond donors (Lipinski definition) is 1. The second-order valence-electron chi connectivity index (χ2n) is 5.18. The van der Waals surface area contributed by atoms with Crippen LogP contribution in [0.15, 0.2) is 41.8 Å². The van der Waals surface area contributed by atoms with Crippen LogP contribution in [-0.4, -0.2) is 29.8 Å². The van der Waals surface area contributed by atoms with Crippen LogP contribution in [0.4, 0.5) is 5.69 Å². The van der Waals surface area contributed by atoms with E-state index < -0.39 is 0 Å². The number of nitrogens with zero attached hydrogens (tertiary/aromatic N) is 1. The number of aryl methyl sites for hydroxylation is 1. The summed E-state index contributed by atoms with van der Waals surface area (Å²) in [6.07, 6.45) is 1.21. The summed E-state index contributed by atoms with van der Waals surface area (Å²) in [5, 5.41) is 4.88. The minimum atomic E-state index is -0.0128. The predicted molar refractivity (Wildman–Crippen MR) is 95.0 cm³/mol.